The average molecular weight is 296 g/mol. The molecule has 0 heterocycles. The largest absolute Gasteiger partial charge is 0.481 e. The van der Waals surface area contributed by atoms with Gasteiger partial charge in [-0.15, -0.1) is 0 Å². The van der Waals surface area contributed by atoms with E-state index < -0.39 is 35.3 Å². The Morgan fingerprint density at radius 1 is 1.43 bits per heavy atom. The zero-order chi connectivity index (χ0) is 16.2. The van der Waals surface area contributed by atoms with E-state index in [1.54, 1.807) is 13.0 Å². The molecular formula is C15H20O6. The summed E-state index contributed by atoms with van der Waals surface area (Å²) in [6, 6.07) is 0. The molecule has 2 N–H and O–H groups in total. The van der Waals surface area contributed by atoms with E-state index >= 15 is 0 Å². The van der Waals surface area contributed by atoms with Gasteiger partial charge in [0.2, 0.25) is 0 Å². The Labute approximate surface area is 123 Å². The molecule has 0 spiro atoms. The first-order chi connectivity index (χ1) is 9.70. The van der Waals surface area contributed by atoms with Gasteiger partial charge in [0.05, 0.1) is 5.92 Å². The van der Waals surface area contributed by atoms with Gasteiger partial charge in [0.1, 0.15) is 11.5 Å². The summed E-state index contributed by atoms with van der Waals surface area (Å²) in [7, 11) is 0. The van der Waals surface area contributed by atoms with Crippen molar-refractivity contribution in [3.63, 3.8) is 0 Å². The molecular weight excluding hydrogens is 276 g/mol. The van der Waals surface area contributed by atoms with Gasteiger partial charge in [-0.1, -0.05) is 18.7 Å². The first-order valence-corrected chi connectivity index (χ1v) is 6.71. The summed E-state index contributed by atoms with van der Waals surface area (Å²) in [6.07, 6.45) is 3.04. The number of carboxylic acid groups (broad SMARTS) is 2. The maximum atomic E-state index is 11.7. The minimum absolute atomic E-state index is 0.0885. The summed E-state index contributed by atoms with van der Waals surface area (Å²) in [6.45, 7) is 6.49. The monoisotopic (exact) mass is 296 g/mol. The fraction of sp³-hybridized carbons (Fsp3) is 0.533. The smallest absolute Gasteiger partial charge is 0.333 e. The molecule has 0 aromatic carbocycles. The van der Waals surface area contributed by atoms with Crippen molar-refractivity contribution in [2.75, 3.05) is 0 Å². The van der Waals surface area contributed by atoms with Crippen molar-refractivity contribution in [3.8, 4) is 0 Å². The first kappa shape index (κ1) is 16.9. The summed E-state index contributed by atoms with van der Waals surface area (Å²) in [5.41, 5.74) is -1.35. The van der Waals surface area contributed by atoms with Crippen LogP contribution in [0.5, 0.6) is 0 Å². The molecule has 0 radical (unpaired) electrons. The van der Waals surface area contributed by atoms with Crippen LogP contribution >= 0.6 is 0 Å². The molecule has 1 aliphatic carbocycles. The van der Waals surface area contributed by atoms with Crippen LogP contribution in [-0.2, 0) is 19.1 Å². The molecule has 0 aromatic heterocycles. The summed E-state index contributed by atoms with van der Waals surface area (Å²) in [5.74, 6) is -4.02. The lowest BCUT2D eigenvalue weighted by atomic mass is 9.67. The van der Waals surface area contributed by atoms with Crippen LogP contribution < -0.4 is 0 Å². The molecule has 1 rings (SSSR count). The van der Waals surface area contributed by atoms with Crippen LogP contribution in [0.25, 0.3) is 0 Å². The highest BCUT2D eigenvalue weighted by atomic mass is 16.5. The van der Waals surface area contributed by atoms with Crippen molar-refractivity contribution < 1.29 is 29.3 Å². The zero-order valence-corrected chi connectivity index (χ0v) is 12.2. The van der Waals surface area contributed by atoms with E-state index in [4.69, 9.17) is 4.74 Å². The molecule has 3 unspecified atom stereocenters. The summed E-state index contributed by atoms with van der Waals surface area (Å²) in [5, 5.41) is 18.8. The highest BCUT2D eigenvalue weighted by Crippen LogP contribution is 2.42. The second-order valence-electron chi connectivity index (χ2n) is 5.42. The van der Waals surface area contributed by atoms with Gasteiger partial charge in [-0.05, 0) is 26.7 Å². The topological polar surface area (TPSA) is 101 Å². The SMILES string of the molecule is C=C(C)C(=O)OC(C)CC1(C(=O)O)C=CCCC1C(=O)O. The number of carboxylic acids is 2. The van der Waals surface area contributed by atoms with E-state index in [2.05, 4.69) is 6.58 Å². The van der Waals surface area contributed by atoms with Gasteiger partial charge in [0.15, 0.2) is 0 Å². The molecule has 0 bridgehead atoms. The molecule has 3 atom stereocenters. The van der Waals surface area contributed by atoms with E-state index in [0.717, 1.165) is 0 Å². The summed E-state index contributed by atoms with van der Waals surface area (Å²) >= 11 is 0. The van der Waals surface area contributed by atoms with Crippen molar-refractivity contribution in [2.24, 2.45) is 11.3 Å². The van der Waals surface area contributed by atoms with E-state index in [-0.39, 0.29) is 18.4 Å². The van der Waals surface area contributed by atoms with Crippen molar-refractivity contribution >= 4 is 17.9 Å². The third-order valence-electron chi connectivity index (χ3n) is 3.64. The van der Waals surface area contributed by atoms with Crippen molar-refractivity contribution in [2.45, 2.75) is 39.2 Å². The van der Waals surface area contributed by atoms with Gasteiger partial charge in [-0.3, -0.25) is 9.59 Å². The highest BCUT2D eigenvalue weighted by Gasteiger charge is 2.49. The minimum Gasteiger partial charge on any atom is -0.481 e. The van der Waals surface area contributed by atoms with E-state index in [1.165, 1.54) is 13.0 Å². The molecule has 6 heteroatoms. The van der Waals surface area contributed by atoms with Crippen molar-refractivity contribution in [1.29, 1.82) is 0 Å². The number of hydrogen-bond acceptors (Lipinski definition) is 4. The maximum Gasteiger partial charge on any atom is 0.333 e. The van der Waals surface area contributed by atoms with Gasteiger partial charge in [-0.2, -0.15) is 0 Å². The normalized spacial score (nSPS) is 25.9. The number of hydrogen-bond donors (Lipinski definition) is 2. The lowest BCUT2D eigenvalue weighted by Gasteiger charge is -2.36. The van der Waals surface area contributed by atoms with E-state index in [1.807, 2.05) is 0 Å². The number of aliphatic carboxylic acids is 2. The average Bonchev–Trinajstić information content (AvgIpc) is 2.38. The standard InChI is InChI=1S/C15H20O6/c1-9(2)13(18)21-10(3)8-15(14(19)20)7-5-4-6-11(15)12(16)17/h5,7,10-11H,1,4,6,8H2,2-3H3,(H,16,17)(H,19,20). The van der Waals surface area contributed by atoms with Crippen LogP contribution in [0.4, 0.5) is 0 Å². The molecule has 21 heavy (non-hydrogen) atoms. The lowest BCUT2D eigenvalue weighted by Crippen LogP contribution is -2.45. The Morgan fingerprint density at radius 3 is 2.52 bits per heavy atom. The van der Waals surface area contributed by atoms with Gasteiger partial charge < -0.3 is 14.9 Å². The molecule has 1 aliphatic rings. The van der Waals surface area contributed by atoms with Crippen LogP contribution in [0.15, 0.2) is 24.3 Å². The van der Waals surface area contributed by atoms with Gasteiger partial charge >= 0.3 is 17.9 Å². The number of ether oxygens (including phenoxy) is 1. The number of rotatable bonds is 6. The predicted molar refractivity (Wildman–Crippen MR) is 74.6 cm³/mol. The maximum absolute atomic E-state index is 11.7. The molecule has 0 aromatic rings. The Kier molecular flexibility index (Phi) is 5.29. The Balaban J connectivity index is 3.00. The first-order valence-electron chi connectivity index (χ1n) is 6.71. The summed E-state index contributed by atoms with van der Waals surface area (Å²) < 4.78 is 5.09. The Bertz CT molecular complexity index is 492. The predicted octanol–water partition coefficient (Wildman–Crippen LogP) is 2.01. The van der Waals surface area contributed by atoms with E-state index in [0.29, 0.717) is 6.42 Å². The number of esters is 1. The molecule has 0 saturated heterocycles. The van der Waals surface area contributed by atoms with Crippen LogP contribution in [0.3, 0.4) is 0 Å². The van der Waals surface area contributed by atoms with Crippen LogP contribution in [0, 0.1) is 11.3 Å². The van der Waals surface area contributed by atoms with Crippen LogP contribution in [-0.4, -0.2) is 34.2 Å². The second kappa shape index (κ2) is 6.56. The van der Waals surface area contributed by atoms with Gasteiger partial charge in [0, 0.05) is 12.0 Å². The minimum atomic E-state index is -1.56. The third-order valence-corrected chi connectivity index (χ3v) is 3.64. The quantitative estimate of drug-likeness (QED) is 0.441. The number of carbonyl (C=O) groups is 3. The molecule has 0 amide bonds. The van der Waals surface area contributed by atoms with Crippen molar-refractivity contribution in [1.82, 2.24) is 0 Å². The van der Waals surface area contributed by atoms with Gasteiger partial charge in [-0.25, -0.2) is 4.79 Å². The molecule has 116 valence electrons. The van der Waals surface area contributed by atoms with Crippen LogP contribution in [0.2, 0.25) is 0 Å². The fourth-order valence-electron chi connectivity index (χ4n) is 2.59. The number of carbonyl (C=O) groups excluding carboxylic acids is 1. The molecule has 0 saturated carbocycles. The van der Waals surface area contributed by atoms with Crippen LogP contribution in [0.1, 0.15) is 33.1 Å². The summed E-state index contributed by atoms with van der Waals surface area (Å²) in [4.78, 5) is 34.5. The Morgan fingerprint density at radius 2 is 2.05 bits per heavy atom. The fourth-order valence-corrected chi connectivity index (χ4v) is 2.59. The third kappa shape index (κ3) is 3.71. The molecule has 0 fully saturated rings. The molecule has 0 aliphatic heterocycles. The van der Waals surface area contributed by atoms with Gasteiger partial charge in [0.25, 0.3) is 0 Å². The second-order valence-corrected chi connectivity index (χ2v) is 5.42. The zero-order valence-electron chi connectivity index (χ0n) is 12.2. The lowest BCUT2D eigenvalue weighted by molar-refractivity contribution is -0.164. The van der Waals surface area contributed by atoms with Crippen molar-refractivity contribution in [3.05, 3.63) is 24.3 Å². The number of allylic oxidation sites excluding steroid dienone is 1. The highest BCUT2D eigenvalue weighted by molar-refractivity contribution is 5.87. The van der Waals surface area contributed by atoms with E-state index in [9.17, 15) is 24.6 Å². The Hall–Kier alpha value is -2.11. The molecule has 6 nitrogen and oxygen atoms in total.